The Hall–Kier alpha value is -3.10. The van der Waals surface area contributed by atoms with Crippen molar-refractivity contribution in [3.8, 4) is 5.95 Å². The van der Waals surface area contributed by atoms with Gasteiger partial charge in [-0.1, -0.05) is 30.7 Å². The lowest BCUT2D eigenvalue weighted by Gasteiger charge is -2.34. The van der Waals surface area contributed by atoms with Crippen molar-refractivity contribution in [3.05, 3.63) is 72.1 Å². The number of nitrogens with zero attached hydrogens (tertiary/aromatic N) is 5. The smallest absolute Gasteiger partial charge is 0.244 e. The number of nitrogens with two attached hydrogens (primary N) is 1. The number of hydrogen-bond donors (Lipinski definition) is 2. The number of hydrogen-bond acceptors (Lipinski definition) is 6. The molecular formula is C23H29N7O. The number of aromatic nitrogens is 4. The van der Waals surface area contributed by atoms with E-state index in [9.17, 15) is 4.79 Å². The number of carbonyl (C=O) groups excluding carboxylic acids is 1. The highest BCUT2D eigenvalue weighted by Gasteiger charge is 2.31. The van der Waals surface area contributed by atoms with Crippen LogP contribution >= 0.6 is 0 Å². The Bertz CT molecular complexity index is 981. The Morgan fingerprint density at radius 3 is 2.58 bits per heavy atom. The largest absolute Gasteiger partial charge is 0.348 e. The fourth-order valence-electron chi connectivity index (χ4n) is 4.00. The summed E-state index contributed by atoms with van der Waals surface area (Å²) in [6.45, 7) is 4.26. The van der Waals surface area contributed by atoms with Crippen molar-refractivity contribution in [2.24, 2.45) is 5.73 Å². The molecule has 1 aromatic carbocycles. The fraction of sp³-hybridized carbons (Fsp3) is 0.391. The molecule has 2 aromatic heterocycles. The van der Waals surface area contributed by atoms with E-state index in [-0.39, 0.29) is 11.9 Å². The van der Waals surface area contributed by atoms with Crippen molar-refractivity contribution >= 4 is 5.91 Å². The van der Waals surface area contributed by atoms with Crippen LogP contribution in [0.3, 0.4) is 0 Å². The maximum absolute atomic E-state index is 13.5. The number of imidazole rings is 1. The second-order valence-electron chi connectivity index (χ2n) is 7.93. The average molecular weight is 420 g/mol. The zero-order valence-corrected chi connectivity index (χ0v) is 17.8. The molecule has 0 saturated carbocycles. The molecule has 2 unspecified atom stereocenters. The van der Waals surface area contributed by atoms with Gasteiger partial charge in [-0.05, 0) is 50.0 Å². The molecule has 0 radical (unpaired) electrons. The molecule has 0 aliphatic carbocycles. The first-order valence-electron chi connectivity index (χ1n) is 10.8. The van der Waals surface area contributed by atoms with E-state index in [2.05, 4.69) is 20.2 Å². The Balaban J connectivity index is 1.58. The lowest BCUT2D eigenvalue weighted by Crippen LogP contribution is -2.44. The average Bonchev–Trinajstić information content (AvgIpc) is 3.35. The molecule has 3 N–H and O–H groups in total. The number of benzene rings is 1. The molecule has 1 saturated heterocycles. The number of likely N-dealkylation sites (tertiary alicyclic amines) is 1. The summed E-state index contributed by atoms with van der Waals surface area (Å²) in [5.41, 5.74) is 8.51. The van der Waals surface area contributed by atoms with Gasteiger partial charge in [0.1, 0.15) is 12.4 Å². The van der Waals surface area contributed by atoms with Crippen LogP contribution in [0.25, 0.3) is 5.95 Å². The Labute approximate surface area is 182 Å². The van der Waals surface area contributed by atoms with E-state index in [1.54, 1.807) is 29.5 Å². The first-order chi connectivity index (χ1) is 15.2. The zero-order chi connectivity index (χ0) is 21.6. The van der Waals surface area contributed by atoms with E-state index in [1.807, 2.05) is 37.3 Å². The first kappa shape index (κ1) is 21.1. The summed E-state index contributed by atoms with van der Waals surface area (Å²) >= 11 is 0. The highest BCUT2D eigenvalue weighted by molar-refractivity contribution is 5.83. The van der Waals surface area contributed by atoms with Crippen LogP contribution in [0.15, 0.2) is 55.2 Å². The monoisotopic (exact) mass is 419 g/mol. The van der Waals surface area contributed by atoms with E-state index >= 15 is 0 Å². The molecule has 31 heavy (non-hydrogen) atoms. The first-order valence-corrected chi connectivity index (χ1v) is 10.8. The van der Waals surface area contributed by atoms with Crippen molar-refractivity contribution in [3.63, 3.8) is 0 Å². The van der Waals surface area contributed by atoms with Gasteiger partial charge in [0.25, 0.3) is 0 Å². The number of piperidine rings is 1. The van der Waals surface area contributed by atoms with Crippen molar-refractivity contribution in [1.82, 2.24) is 29.7 Å². The van der Waals surface area contributed by atoms with Crippen molar-refractivity contribution in [1.29, 1.82) is 0 Å². The summed E-state index contributed by atoms with van der Waals surface area (Å²) < 4.78 is 1.75. The SMILES string of the molecule is CC(NC(=O)C(c1ccnc(-n2ccnc2)n1)N1CCCCC1)c1ccc(CN)cc1. The van der Waals surface area contributed by atoms with Gasteiger partial charge in [-0.25, -0.2) is 15.0 Å². The third-order valence-corrected chi connectivity index (χ3v) is 5.76. The summed E-state index contributed by atoms with van der Waals surface area (Å²) in [6, 6.07) is 9.29. The molecule has 2 atom stereocenters. The zero-order valence-electron chi connectivity index (χ0n) is 17.8. The fourth-order valence-corrected chi connectivity index (χ4v) is 4.00. The third kappa shape index (κ3) is 4.98. The topological polar surface area (TPSA) is 102 Å². The van der Waals surface area contributed by atoms with Gasteiger partial charge in [-0.15, -0.1) is 0 Å². The number of rotatable bonds is 7. The van der Waals surface area contributed by atoms with Gasteiger partial charge < -0.3 is 11.1 Å². The Morgan fingerprint density at radius 2 is 1.90 bits per heavy atom. The number of amides is 1. The van der Waals surface area contributed by atoms with Crippen LogP contribution in [-0.4, -0.2) is 43.4 Å². The van der Waals surface area contributed by atoms with Gasteiger partial charge in [0.15, 0.2) is 0 Å². The Kier molecular flexibility index (Phi) is 6.69. The van der Waals surface area contributed by atoms with Gasteiger partial charge in [-0.2, -0.15) is 0 Å². The Morgan fingerprint density at radius 1 is 1.13 bits per heavy atom. The van der Waals surface area contributed by atoms with Gasteiger partial charge in [0.05, 0.1) is 11.7 Å². The van der Waals surface area contributed by atoms with Gasteiger partial charge in [0, 0.05) is 25.1 Å². The molecule has 1 amide bonds. The molecule has 3 heterocycles. The van der Waals surface area contributed by atoms with E-state index in [1.165, 1.54) is 6.42 Å². The number of carbonyl (C=O) groups is 1. The van der Waals surface area contributed by atoms with Gasteiger partial charge in [0.2, 0.25) is 11.9 Å². The summed E-state index contributed by atoms with van der Waals surface area (Å²) in [5.74, 6) is 0.461. The lowest BCUT2D eigenvalue weighted by atomic mass is 10.0. The molecule has 8 nitrogen and oxygen atoms in total. The predicted molar refractivity (Wildman–Crippen MR) is 118 cm³/mol. The molecule has 4 rings (SSSR count). The minimum absolute atomic E-state index is 0.0485. The molecule has 0 bridgehead atoms. The van der Waals surface area contributed by atoms with Crippen molar-refractivity contribution < 1.29 is 4.79 Å². The molecule has 0 spiro atoms. The highest BCUT2D eigenvalue weighted by atomic mass is 16.2. The lowest BCUT2D eigenvalue weighted by molar-refractivity contribution is -0.128. The van der Waals surface area contributed by atoms with Crippen LogP contribution in [0.5, 0.6) is 0 Å². The molecule has 3 aromatic rings. The minimum Gasteiger partial charge on any atom is -0.348 e. The maximum Gasteiger partial charge on any atom is 0.244 e. The summed E-state index contributed by atoms with van der Waals surface area (Å²) in [6.07, 6.45) is 10.2. The predicted octanol–water partition coefficient (Wildman–Crippen LogP) is 2.53. The molecule has 162 valence electrons. The normalized spacial score (nSPS) is 16.6. The summed E-state index contributed by atoms with van der Waals surface area (Å²) in [4.78, 5) is 28.8. The van der Waals surface area contributed by atoms with Gasteiger partial charge in [-0.3, -0.25) is 14.3 Å². The van der Waals surface area contributed by atoms with E-state index < -0.39 is 6.04 Å². The second-order valence-corrected chi connectivity index (χ2v) is 7.93. The quantitative estimate of drug-likeness (QED) is 0.610. The number of nitrogens with one attached hydrogen (secondary N) is 1. The van der Waals surface area contributed by atoms with Crippen molar-refractivity contribution in [2.75, 3.05) is 13.1 Å². The van der Waals surface area contributed by atoms with E-state index in [4.69, 9.17) is 10.7 Å². The second kappa shape index (κ2) is 9.80. The summed E-state index contributed by atoms with van der Waals surface area (Å²) in [5, 5.41) is 3.19. The van der Waals surface area contributed by atoms with Crippen LogP contribution < -0.4 is 11.1 Å². The maximum atomic E-state index is 13.5. The van der Waals surface area contributed by atoms with Crippen LogP contribution in [-0.2, 0) is 11.3 Å². The molecule has 1 aliphatic rings. The van der Waals surface area contributed by atoms with Crippen LogP contribution in [0.4, 0.5) is 0 Å². The van der Waals surface area contributed by atoms with E-state index in [0.29, 0.717) is 18.2 Å². The minimum atomic E-state index is -0.462. The van der Waals surface area contributed by atoms with Crippen molar-refractivity contribution in [2.45, 2.75) is 44.8 Å². The van der Waals surface area contributed by atoms with Gasteiger partial charge >= 0.3 is 0 Å². The summed E-state index contributed by atoms with van der Waals surface area (Å²) in [7, 11) is 0. The van der Waals surface area contributed by atoms with Crippen LogP contribution in [0, 0.1) is 0 Å². The molecule has 1 fully saturated rings. The van der Waals surface area contributed by atoms with Crippen LogP contribution in [0.1, 0.15) is 55.1 Å². The van der Waals surface area contributed by atoms with E-state index in [0.717, 1.165) is 37.1 Å². The standard InChI is InChI=1S/C23H29N7O/c1-17(19-7-5-18(15-24)6-8-19)27-22(31)21(29-12-3-2-4-13-29)20-9-10-26-23(28-20)30-14-11-25-16-30/h5-11,14,16-17,21H,2-4,12-13,15,24H2,1H3,(H,27,31). The molecule has 8 heteroatoms. The highest BCUT2D eigenvalue weighted by Crippen LogP contribution is 2.25. The molecular weight excluding hydrogens is 390 g/mol. The van der Waals surface area contributed by atoms with Crippen LogP contribution in [0.2, 0.25) is 0 Å². The third-order valence-electron chi connectivity index (χ3n) is 5.76. The molecule has 1 aliphatic heterocycles.